The molecule has 1 N–H and O–H groups in total. The quantitative estimate of drug-likeness (QED) is 0.786. The third-order valence-corrected chi connectivity index (χ3v) is 3.33. The molecule has 82 valence electrons. The van der Waals surface area contributed by atoms with Gasteiger partial charge in [0.25, 0.3) is 0 Å². The highest BCUT2D eigenvalue weighted by atomic mass is 15.0. The number of hydrogen-bond donors (Lipinski definition) is 1. The summed E-state index contributed by atoms with van der Waals surface area (Å²) in [4.78, 5) is 4.73. The van der Waals surface area contributed by atoms with Crippen LogP contribution in [-0.4, -0.2) is 11.5 Å². The van der Waals surface area contributed by atoms with E-state index in [9.17, 15) is 0 Å². The van der Waals surface area contributed by atoms with E-state index in [0.29, 0.717) is 6.04 Å². The summed E-state index contributed by atoms with van der Waals surface area (Å²) in [5.74, 6) is 0.762. The van der Waals surface area contributed by atoms with Crippen LogP contribution in [0.25, 0.3) is 10.9 Å². The zero-order valence-electron chi connectivity index (χ0n) is 9.48. The molecule has 0 spiro atoms. The lowest BCUT2D eigenvalue weighted by Crippen LogP contribution is -2.14. The van der Waals surface area contributed by atoms with Crippen molar-refractivity contribution in [3.8, 4) is 0 Å². The largest absolute Gasteiger partial charge is 0.308 e. The topological polar surface area (TPSA) is 24.9 Å². The molecule has 1 fully saturated rings. The summed E-state index contributed by atoms with van der Waals surface area (Å²) in [6.07, 6.45) is 1.20. The first-order chi connectivity index (χ1) is 7.83. The van der Waals surface area contributed by atoms with Gasteiger partial charge in [0, 0.05) is 11.4 Å². The highest BCUT2D eigenvalue weighted by molar-refractivity contribution is 5.78. The van der Waals surface area contributed by atoms with Gasteiger partial charge in [-0.25, -0.2) is 0 Å². The Morgan fingerprint density at radius 3 is 2.88 bits per heavy atom. The smallest absolute Gasteiger partial charge is 0.0706 e. The Balaban J connectivity index is 1.99. The van der Waals surface area contributed by atoms with Gasteiger partial charge >= 0.3 is 0 Å². The van der Waals surface area contributed by atoms with Crippen LogP contribution in [0, 0.1) is 5.92 Å². The lowest BCUT2D eigenvalue weighted by molar-refractivity contribution is 0.601. The fourth-order valence-corrected chi connectivity index (χ4v) is 2.41. The summed E-state index contributed by atoms with van der Waals surface area (Å²) >= 11 is 0. The molecule has 0 unspecified atom stereocenters. The maximum atomic E-state index is 4.73. The van der Waals surface area contributed by atoms with E-state index in [-0.39, 0.29) is 0 Å². The molecule has 1 aromatic heterocycles. The molecule has 16 heavy (non-hydrogen) atoms. The van der Waals surface area contributed by atoms with Crippen LogP contribution in [0.2, 0.25) is 0 Å². The normalized spacial score (nSPS) is 25.1. The number of nitrogens with zero attached hydrogens (tertiary/aromatic N) is 1. The van der Waals surface area contributed by atoms with Crippen molar-refractivity contribution in [3.63, 3.8) is 0 Å². The van der Waals surface area contributed by atoms with Crippen LogP contribution in [0.3, 0.4) is 0 Å². The molecule has 1 aromatic carbocycles. The minimum atomic E-state index is 0.444. The standard InChI is InChI=1S/C14H16N2/c1-10-8-14(15-9-10)13-7-6-11-4-2-3-5-12(11)16-13/h2-7,10,14-15H,8-9H2,1H3/t10-,14+/m0/s1. The van der Waals surface area contributed by atoms with E-state index in [1.54, 1.807) is 0 Å². The van der Waals surface area contributed by atoms with Crippen LogP contribution in [0.1, 0.15) is 25.1 Å². The first kappa shape index (κ1) is 9.79. The second-order valence-electron chi connectivity index (χ2n) is 4.73. The maximum Gasteiger partial charge on any atom is 0.0706 e. The van der Waals surface area contributed by atoms with Gasteiger partial charge in [-0.1, -0.05) is 31.2 Å². The van der Waals surface area contributed by atoms with E-state index >= 15 is 0 Å². The molecule has 1 saturated heterocycles. The van der Waals surface area contributed by atoms with Crippen molar-refractivity contribution in [2.75, 3.05) is 6.54 Å². The fraction of sp³-hybridized carbons (Fsp3) is 0.357. The maximum absolute atomic E-state index is 4.73. The average Bonchev–Trinajstić information content (AvgIpc) is 2.75. The van der Waals surface area contributed by atoms with Crippen molar-refractivity contribution in [3.05, 3.63) is 42.1 Å². The second-order valence-corrected chi connectivity index (χ2v) is 4.73. The van der Waals surface area contributed by atoms with E-state index in [4.69, 9.17) is 4.98 Å². The van der Waals surface area contributed by atoms with Crippen LogP contribution < -0.4 is 5.32 Å². The van der Waals surface area contributed by atoms with Gasteiger partial charge in [0.2, 0.25) is 0 Å². The Hall–Kier alpha value is -1.41. The summed E-state index contributed by atoms with van der Waals surface area (Å²) in [5, 5.41) is 4.74. The summed E-state index contributed by atoms with van der Waals surface area (Å²) in [7, 11) is 0. The Morgan fingerprint density at radius 1 is 1.19 bits per heavy atom. The fourth-order valence-electron chi connectivity index (χ4n) is 2.41. The second kappa shape index (κ2) is 3.87. The third kappa shape index (κ3) is 1.69. The Morgan fingerprint density at radius 2 is 2.06 bits per heavy atom. The molecule has 2 atom stereocenters. The van der Waals surface area contributed by atoms with Gasteiger partial charge in [-0.3, -0.25) is 4.98 Å². The van der Waals surface area contributed by atoms with Crippen molar-refractivity contribution >= 4 is 10.9 Å². The van der Waals surface area contributed by atoms with E-state index in [0.717, 1.165) is 18.0 Å². The van der Waals surface area contributed by atoms with E-state index < -0.39 is 0 Å². The molecule has 0 radical (unpaired) electrons. The number of aromatic nitrogens is 1. The molecule has 0 saturated carbocycles. The molecule has 0 bridgehead atoms. The molecule has 1 aliphatic heterocycles. The molecule has 0 amide bonds. The van der Waals surface area contributed by atoms with E-state index in [1.165, 1.54) is 17.5 Å². The summed E-state index contributed by atoms with van der Waals surface area (Å²) in [6, 6.07) is 13.1. The predicted octanol–water partition coefficient (Wildman–Crippen LogP) is 2.91. The van der Waals surface area contributed by atoms with Crippen LogP contribution in [0.15, 0.2) is 36.4 Å². The minimum absolute atomic E-state index is 0.444. The third-order valence-electron chi connectivity index (χ3n) is 3.33. The molecule has 2 heteroatoms. The number of pyridine rings is 1. The number of fused-ring (bicyclic) bond motifs is 1. The monoisotopic (exact) mass is 212 g/mol. The van der Waals surface area contributed by atoms with Crippen molar-refractivity contribution in [1.82, 2.24) is 10.3 Å². The molecular weight excluding hydrogens is 196 g/mol. The Labute approximate surface area is 95.7 Å². The molecule has 0 aliphatic carbocycles. The summed E-state index contributed by atoms with van der Waals surface area (Å²) in [6.45, 7) is 3.40. The molecule has 2 aromatic rings. The van der Waals surface area contributed by atoms with Gasteiger partial charge in [-0.15, -0.1) is 0 Å². The van der Waals surface area contributed by atoms with Gasteiger partial charge in [-0.2, -0.15) is 0 Å². The van der Waals surface area contributed by atoms with Crippen molar-refractivity contribution in [2.45, 2.75) is 19.4 Å². The van der Waals surface area contributed by atoms with Crippen molar-refractivity contribution in [1.29, 1.82) is 0 Å². The summed E-state index contributed by atoms with van der Waals surface area (Å²) < 4.78 is 0. The Kier molecular flexibility index (Phi) is 2.37. The zero-order chi connectivity index (χ0) is 11.0. The predicted molar refractivity (Wildman–Crippen MR) is 66.3 cm³/mol. The highest BCUT2D eigenvalue weighted by Gasteiger charge is 2.22. The number of benzene rings is 1. The SMILES string of the molecule is C[C@@H]1CN[C@@H](c2ccc3ccccc3n2)C1. The lowest BCUT2D eigenvalue weighted by Gasteiger charge is -2.10. The molecule has 2 nitrogen and oxygen atoms in total. The molecule has 2 heterocycles. The van der Waals surface area contributed by atoms with Crippen molar-refractivity contribution in [2.24, 2.45) is 5.92 Å². The van der Waals surface area contributed by atoms with Crippen LogP contribution in [0.4, 0.5) is 0 Å². The van der Waals surface area contributed by atoms with Crippen LogP contribution >= 0.6 is 0 Å². The molecular formula is C14H16N2. The zero-order valence-corrected chi connectivity index (χ0v) is 9.48. The van der Waals surface area contributed by atoms with Crippen molar-refractivity contribution < 1.29 is 0 Å². The van der Waals surface area contributed by atoms with Gasteiger partial charge in [-0.05, 0) is 31.0 Å². The highest BCUT2D eigenvalue weighted by Crippen LogP contribution is 2.26. The Bertz CT molecular complexity index is 507. The van der Waals surface area contributed by atoms with Gasteiger partial charge in [0.15, 0.2) is 0 Å². The van der Waals surface area contributed by atoms with Gasteiger partial charge < -0.3 is 5.32 Å². The number of hydrogen-bond acceptors (Lipinski definition) is 2. The first-order valence-electron chi connectivity index (χ1n) is 5.92. The first-order valence-corrected chi connectivity index (χ1v) is 5.92. The van der Waals surface area contributed by atoms with Crippen LogP contribution in [-0.2, 0) is 0 Å². The number of rotatable bonds is 1. The number of para-hydroxylation sites is 1. The van der Waals surface area contributed by atoms with Gasteiger partial charge in [0.05, 0.1) is 11.2 Å². The lowest BCUT2D eigenvalue weighted by atomic mass is 10.0. The van der Waals surface area contributed by atoms with E-state index in [1.807, 2.05) is 6.07 Å². The molecule has 1 aliphatic rings. The minimum Gasteiger partial charge on any atom is -0.308 e. The molecule has 3 rings (SSSR count). The average molecular weight is 212 g/mol. The number of nitrogens with one attached hydrogen (secondary N) is 1. The van der Waals surface area contributed by atoms with Crippen LogP contribution in [0.5, 0.6) is 0 Å². The van der Waals surface area contributed by atoms with Gasteiger partial charge in [0.1, 0.15) is 0 Å². The van der Waals surface area contributed by atoms with E-state index in [2.05, 4.69) is 42.6 Å². The summed E-state index contributed by atoms with van der Waals surface area (Å²) in [5.41, 5.74) is 2.28.